The van der Waals surface area contributed by atoms with Crippen molar-refractivity contribution in [1.82, 2.24) is 0 Å². The maximum absolute atomic E-state index is 5.03. The van der Waals surface area contributed by atoms with Gasteiger partial charge in [-0.15, -0.1) is 24.5 Å². The average molecular weight is 572 g/mol. The van der Waals surface area contributed by atoms with Crippen molar-refractivity contribution in [1.29, 1.82) is 0 Å². The maximum Gasteiger partial charge on any atom is 4.00 e. The summed E-state index contributed by atoms with van der Waals surface area (Å²) >= 11 is 0. The van der Waals surface area contributed by atoms with Gasteiger partial charge < -0.3 is 21.3 Å². The van der Waals surface area contributed by atoms with Crippen molar-refractivity contribution in [2.24, 2.45) is 0 Å². The van der Waals surface area contributed by atoms with E-state index in [2.05, 4.69) is 102 Å². The van der Waals surface area contributed by atoms with Crippen molar-refractivity contribution in [3.63, 3.8) is 0 Å². The van der Waals surface area contributed by atoms with Crippen molar-refractivity contribution < 1.29 is 26.2 Å². The maximum atomic E-state index is 5.03. The summed E-state index contributed by atoms with van der Waals surface area (Å²) in [7, 11) is 7.00. The summed E-state index contributed by atoms with van der Waals surface area (Å²) in [6.07, 6.45) is 0.980. The van der Waals surface area contributed by atoms with Crippen molar-refractivity contribution in [3.05, 3.63) is 79.9 Å². The summed E-state index contributed by atoms with van der Waals surface area (Å²) in [5.41, 5.74) is 7.87. The largest absolute Gasteiger partial charge is 4.00 e. The van der Waals surface area contributed by atoms with E-state index < -0.39 is 0 Å². The molecular weight excluding hydrogens is 520 g/mol. The average Bonchev–Trinajstić information content (AvgIpc) is 2.79. The molecule has 36 heavy (non-hydrogen) atoms. The van der Waals surface area contributed by atoms with E-state index in [1.807, 2.05) is 0 Å². The Labute approximate surface area is 243 Å². The van der Waals surface area contributed by atoms with Crippen LogP contribution in [0.5, 0.6) is 0 Å². The van der Waals surface area contributed by atoms with Crippen LogP contribution >= 0.6 is 0 Å². The Morgan fingerprint density at radius 1 is 0.500 bits per heavy atom. The van der Waals surface area contributed by atoms with Crippen LogP contribution in [0.2, 0.25) is 0 Å². The Balaban J connectivity index is 0. The second kappa shape index (κ2) is 20.9. The molecule has 0 atom stereocenters. The van der Waals surface area contributed by atoms with Crippen molar-refractivity contribution >= 4 is 11.4 Å². The minimum absolute atomic E-state index is 0. The normalized spacial score (nSPS) is 10.4. The van der Waals surface area contributed by atoms with Gasteiger partial charge in [0.05, 0.1) is 0 Å². The van der Waals surface area contributed by atoms with Crippen molar-refractivity contribution in [2.45, 2.75) is 85.5 Å². The van der Waals surface area contributed by atoms with Gasteiger partial charge in [-0.25, -0.2) is 0 Å². The molecule has 0 saturated heterocycles. The number of hydrogen-bond acceptors (Lipinski definition) is 0. The monoisotopic (exact) mass is 570 g/mol. The summed E-state index contributed by atoms with van der Waals surface area (Å²) in [5.74, 6) is 1.96. The van der Waals surface area contributed by atoms with Crippen LogP contribution in [0.15, 0.2) is 36.4 Å². The molecule has 0 aromatic heterocycles. The molecule has 0 spiro atoms. The van der Waals surface area contributed by atoms with E-state index in [9.17, 15) is 0 Å². The van der Waals surface area contributed by atoms with Crippen molar-refractivity contribution in [2.75, 3.05) is 41.3 Å². The first-order valence-electron chi connectivity index (χ1n) is 13.1. The fraction of sp³-hybridized carbons (Fsp3) is 0.613. The fourth-order valence-electron chi connectivity index (χ4n) is 3.84. The predicted molar refractivity (Wildman–Crippen MR) is 160 cm³/mol. The van der Waals surface area contributed by atoms with E-state index in [4.69, 9.17) is 10.6 Å². The molecule has 0 saturated carbocycles. The first-order valence-corrected chi connectivity index (χ1v) is 13.1. The van der Waals surface area contributed by atoms with Gasteiger partial charge in [-0.3, -0.25) is 0 Å². The van der Waals surface area contributed by atoms with Gasteiger partial charge in [0.1, 0.15) is 0 Å². The molecule has 5 heteroatoms. The van der Waals surface area contributed by atoms with Gasteiger partial charge in [0.2, 0.25) is 0 Å². The van der Waals surface area contributed by atoms with Crippen LogP contribution in [-0.4, -0.2) is 41.3 Å². The Morgan fingerprint density at radius 3 is 0.917 bits per heavy atom. The van der Waals surface area contributed by atoms with Crippen LogP contribution in [0.25, 0.3) is 21.3 Å². The van der Waals surface area contributed by atoms with Gasteiger partial charge in [0, 0.05) is 0 Å². The molecule has 2 aromatic carbocycles. The van der Waals surface area contributed by atoms with E-state index in [0.29, 0.717) is 23.7 Å². The smallest absolute Gasteiger partial charge is 0.684 e. The molecule has 2 aromatic rings. The summed E-state index contributed by atoms with van der Waals surface area (Å²) in [5, 5.41) is 17.1. The zero-order valence-corrected chi connectivity index (χ0v) is 27.6. The summed E-state index contributed by atoms with van der Waals surface area (Å²) in [6, 6.07) is 13.3. The molecule has 0 heterocycles. The Morgan fingerprint density at radius 2 is 0.722 bits per heavy atom. The molecule has 2 rings (SSSR count). The van der Waals surface area contributed by atoms with Gasteiger partial charge in [-0.1, -0.05) is 120 Å². The molecule has 4 nitrogen and oxygen atoms in total. The summed E-state index contributed by atoms with van der Waals surface area (Å²) < 4.78 is 0. The second-order valence-electron chi connectivity index (χ2n) is 10.2. The number of nitrogens with zero attached hydrogens (tertiary/aromatic N) is 4. The Bertz CT molecular complexity index is 696. The first kappa shape index (κ1) is 37.0. The molecule has 200 valence electrons. The molecule has 0 aliphatic rings. The Kier molecular flexibility index (Phi) is 21.4. The zero-order valence-electron chi connectivity index (χ0n) is 25.2. The molecule has 0 aliphatic carbocycles. The molecular formula is C31H52N4Zr. The number of hydrogen-bond donors (Lipinski definition) is 0. The number of rotatable bonds is 10. The van der Waals surface area contributed by atoms with Gasteiger partial charge in [-0.2, -0.15) is 28.2 Å². The van der Waals surface area contributed by atoms with E-state index >= 15 is 0 Å². The minimum Gasteiger partial charge on any atom is -0.684 e. The van der Waals surface area contributed by atoms with Gasteiger partial charge >= 0.3 is 26.2 Å². The van der Waals surface area contributed by atoms with E-state index in [1.165, 1.54) is 33.6 Å². The predicted octanol–water partition coefficient (Wildman–Crippen LogP) is 10.5. The fourth-order valence-corrected chi connectivity index (χ4v) is 3.84. The van der Waals surface area contributed by atoms with Gasteiger partial charge in [0.25, 0.3) is 0 Å². The topological polar surface area (TPSA) is 56.4 Å². The van der Waals surface area contributed by atoms with Crippen LogP contribution < -0.4 is 0 Å². The van der Waals surface area contributed by atoms with Crippen molar-refractivity contribution in [3.8, 4) is 0 Å². The first-order chi connectivity index (χ1) is 16.6. The third kappa shape index (κ3) is 12.9. The molecule has 0 unspecified atom stereocenters. The summed E-state index contributed by atoms with van der Waals surface area (Å²) in [4.78, 5) is 0. The van der Waals surface area contributed by atoms with Crippen LogP contribution in [0.3, 0.4) is 0 Å². The third-order valence-corrected chi connectivity index (χ3v) is 5.54. The SMILES string of the molecule is CC(C)c1cccc(C(C)C)c1[N-]CCC[N-]c1c(C(C)C)cccc1C(C)C.C[N-]C.C[N-]C.[Zr+4]. The minimum atomic E-state index is 0. The molecule has 0 radical (unpaired) electrons. The van der Waals surface area contributed by atoms with Crippen LogP contribution in [-0.2, 0) is 26.2 Å². The Hall–Kier alpha value is -1.16. The zero-order chi connectivity index (χ0) is 27.0. The molecule has 0 bridgehead atoms. The standard InChI is InChI=1S/C27H40N2.2C2H6N.Zr/c1-18(2)22-12-9-13-23(19(3)4)26(22)28-16-11-17-29-27-24(20(5)6)14-10-15-25(27)21(7)8;2*1-3-2;/h9-10,12-15,18-21H,11,16-17H2,1-8H3;2*1-2H3;/q-2;2*-1;+4. The van der Waals surface area contributed by atoms with Gasteiger partial charge in [-0.05, 0) is 23.7 Å². The number of para-hydroxylation sites is 2. The summed E-state index contributed by atoms with van der Waals surface area (Å²) in [6.45, 7) is 19.7. The van der Waals surface area contributed by atoms with E-state index in [1.54, 1.807) is 28.2 Å². The van der Waals surface area contributed by atoms with Crippen LogP contribution in [0.4, 0.5) is 11.4 Å². The number of benzene rings is 2. The molecule has 0 fully saturated rings. The molecule has 0 N–H and O–H groups in total. The van der Waals surface area contributed by atoms with E-state index in [-0.39, 0.29) is 26.2 Å². The molecule has 0 amide bonds. The van der Waals surface area contributed by atoms with Crippen LogP contribution in [0.1, 0.15) is 108 Å². The quantitative estimate of drug-likeness (QED) is 0.255. The van der Waals surface area contributed by atoms with Crippen LogP contribution in [0, 0.1) is 0 Å². The van der Waals surface area contributed by atoms with Gasteiger partial charge in [0.15, 0.2) is 0 Å². The van der Waals surface area contributed by atoms with E-state index in [0.717, 1.165) is 19.5 Å². The molecule has 0 aliphatic heterocycles. The second-order valence-corrected chi connectivity index (χ2v) is 10.2. The third-order valence-electron chi connectivity index (χ3n) is 5.54.